The molecule has 1 unspecified atom stereocenters. The van der Waals surface area contributed by atoms with Gasteiger partial charge in [0.2, 0.25) is 5.91 Å². The molecule has 3 atom stereocenters. The number of aryl methyl sites for hydroxylation is 1. The Balaban J connectivity index is 1.79. The molecule has 22 heavy (non-hydrogen) atoms. The maximum absolute atomic E-state index is 12.2. The summed E-state index contributed by atoms with van der Waals surface area (Å²) in [5.41, 5.74) is 0.437. The molecule has 0 bridgehead atoms. The standard InChI is InChI=1S/C17H28N4O/c1-17(2)8-7-12(11-17)19-13-5-6-14(22)21(4)15(13)16-18-9-10-20(16)3/h9-10,12-13,15,19H,5-8,11H2,1-4H3/t12?,13-,15-/m1/s1. The van der Waals surface area contributed by atoms with E-state index in [-0.39, 0.29) is 11.9 Å². The van der Waals surface area contributed by atoms with Gasteiger partial charge < -0.3 is 14.8 Å². The molecular formula is C17H28N4O. The lowest BCUT2D eigenvalue weighted by atomic mass is 9.91. The van der Waals surface area contributed by atoms with Gasteiger partial charge in [-0.05, 0) is 31.1 Å². The number of imidazole rings is 1. The number of nitrogens with one attached hydrogen (secondary N) is 1. The molecule has 5 nitrogen and oxygen atoms in total. The van der Waals surface area contributed by atoms with Gasteiger partial charge in [0.25, 0.3) is 0 Å². The number of rotatable bonds is 3. The highest BCUT2D eigenvalue weighted by molar-refractivity contribution is 5.77. The van der Waals surface area contributed by atoms with Crippen molar-refractivity contribution in [2.75, 3.05) is 7.05 Å². The molecule has 0 spiro atoms. The summed E-state index contributed by atoms with van der Waals surface area (Å²) < 4.78 is 2.03. The van der Waals surface area contributed by atoms with E-state index in [9.17, 15) is 4.79 Å². The summed E-state index contributed by atoms with van der Waals surface area (Å²) in [4.78, 5) is 18.5. The Morgan fingerprint density at radius 3 is 2.68 bits per heavy atom. The Kier molecular flexibility index (Phi) is 4.02. The van der Waals surface area contributed by atoms with Gasteiger partial charge in [0, 0.05) is 45.0 Å². The second-order valence-electron chi connectivity index (χ2n) is 7.76. The van der Waals surface area contributed by atoms with Gasteiger partial charge in [-0.3, -0.25) is 4.79 Å². The third kappa shape index (κ3) is 2.91. The van der Waals surface area contributed by atoms with Gasteiger partial charge in [-0.25, -0.2) is 4.98 Å². The number of hydrogen-bond acceptors (Lipinski definition) is 3. The van der Waals surface area contributed by atoms with Crippen LogP contribution in [0.5, 0.6) is 0 Å². The smallest absolute Gasteiger partial charge is 0.223 e. The quantitative estimate of drug-likeness (QED) is 0.932. The summed E-state index contributed by atoms with van der Waals surface area (Å²) in [7, 11) is 3.92. The number of aromatic nitrogens is 2. The van der Waals surface area contributed by atoms with Gasteiger partial charge >= 0.3 is 0 Å². The first-order valence-corrected chi connectivity index (χ1v) is 8.36. The van der Waals surface area contributed by atoms with Crippen LogP contribution < -0.4 is 5.32 Å². The third-order valence-corrected chi connectivity index (χ3v) is 5.40. The Morgan fingerprint density at radius 2 is 2.09 bits per heavy atom. The molecular weight excluding hydrogens is 276 g/mol. The average molecular weight is 304 g/mol. The van der Waals surface area contributed by atoms with Gasteiger partial charge in [0.15, 0.2) is 0 Å². The molecule has 0 radical (unpaired) electrons. The van der Waals surface area contributed by atoms with Gasteiger partial charge in [0.1, 0.15) is 11.9 Å². The Labute approximate surface area is 133 Å². The first-order chi connectivity index (χ1) is 10.4. The lowest BCUT2D eigenvalue weighted by Gasteiger charge is -2.40. The second kappa shape index (κ2) is 5.69. The minimum absolute atomic E-state index is 0.0324. The number of carbonyl (C=O) groups excluding carboxylic acids is 1. The molecule has 1 aromatic heterocycles. The molecule has 1 saturated heterocycles. The predicted molar refractivity (Wildman–Crippen MR) is 86.3 cm³/mol. The van der Waals surface area contributed by atoms with Crippen molar-refractivity contribution in [2.24, 2.45) is 12.5 Å². The van der Waals surface area contributed by atoms with E-state index in [4.69, 9.17) is 0 Å². The van der Waals surface area contributed by atoms with E-state index >= 15 is 0 Å². The molecule has 122 valence electrons. The van der Waals surface area contributed by atoms with E-state index in [1.165, 1.54) is 19.3 Å². The number of nitrogens with zero attached hydrogens (tertiary/aromatic N) is 3. The first kappa shape index (κ1) is 15.5. The Hall–Kier alpha value is -1.36. The van der Waals surface area contributed by atoms with E-state index < -0.39 is 0 Å². The number of likely N-dealkylation sites (tertiary alicyclic amines) is 1. The minimum atomic E-state index is 0.0324. The van der Waals surface area contributed by atoms with Crippen molar-refractivity contribution >= 4 is 5.91 Å². The van der Waals surface area contributed by atoms with Crippen LogP contribution in [0.15, 0.2) is 12.4 Å². The van der Waals surface area contributed by atoms with Gasteiger partial charge in [-0.1, -0.05) is 13.8 Å². The fourth-order valence-electron chi connectivity index (χ4n) is 4.11. The normalized spacial score (nSPS) is 31.7. The lowest BCUT2D eigenvalue weighted by Crippen LogP contribution is -2.52. The Morgan fingerprint density at radius 1 is 1.32 bits per heavy atom. The van der Waals surface area contributed by atoms with Crippen LogP contribution in [-0.2, 0) is 11.8 Å². The number of hydrogen-bond donors (Lipinski definition) is 1. The predicted octanol–water partition coefficient (Wildman–Crippen LogP) is 2.25. The van der Waals surface area contributed by atoms with E-state index in [1.807, 2.05) is 36.0 Å². The molecule has 5 heteroatoms. The van der Waals surface area contributed by atoms with Crippen molar-refractivity contribution in [2.45, 2.75) is 64.1 Å². The average Bonchev–Trinajstić information content (AvgIpc) is 3.01. The van der Waals surface area contributed by atoms with E-state index in [0.29, 0.717) is 23.9 Å². The summed E-state index contributed by atoms with van der Waals surface area (Å²) in [6.07, 6.45) is 9.03. The van der Waals surface area contributed by atoms with Crippen LogP contribution in [0.2, 0.25) is 0 Å². The van der Waals surface area contributed by atoms with Gasteiger partial charge in [-0.2, -0.15) is 0 Å². The molecule has 2 fully saturated rings. The van der Waals surface area contributed by atoms with Gasteiger partial charge in [-0.15, -0.1) is 0 Å². The SMILES string of the molecule is CN1C(=O)CC[C@@H](NC2CCC(C)(C)C2)[C@@H]1c1nccn1C. The van der Waals surface area contributed by atoms with Crippen LogP contribution in [-0.4, -0.2) is 39.5 Å². The summed E-state index contributed by atoms with van der Waals surface area (Å²) >= 11 is 0. The molecule has 1 saturated carbocycles. The van der Waals surface area contributed by atoms with Crippen molar-refractivity contribution in [1.82, 2.24) is 19.8 Å². The first-order valence-electron chi connectivity index (χ1n) is 8.36. The monoisotopic (exact) mass is 304 g/mol. The zero-order valence-electron chi connectivity index (χ0n) is 14.2. The van der Waals surface area contributed by atoms with Gasteiger partial charge in [0.05, 0.1) is 0 Å². The molecule has 1 aliphatic heterocycles. The summed E-state index contributed by atoms with van der Waals surface area (Å²) in [5.74, 6) is 1.20. The zero-order chi connectivity index (χ0) is 15.9. The van der Waals surface area contributed by atoms with Crippen LogP contribution in [0.25, 0.3) is 0 Å². The molecule has 1 N–H and O–H groups in total. The number of amides is 1. The topological polar surface area (TPSA) is 50.2 Å². The Bertz CT molecular complexity index is 551. The fraction of sp³-hybridized carbons (Fsp3) is 0.765. The molecule has 1 amide bonds. The molecule has 2 heterocycles. The summed E-state index contributed by atoms with van der Waals surface area (Å²) in [6.45, 7) is 4.70. The molecule has 1 aliphatic carbocycles. The van der Waals surface area contributed by atoms with E-state index in [1.54, 1.807) is 0 Å². The number of carbonyl (C=O) groups is 1. The van der Waals surface area contributed by atoms with Crippen LogP contribution in [0.4, 0.5) is 0 Å². The van der Waals surface area contributed by atoms with E-state index in [2.05, 4.69) is 24.1 Å². The summed E-state index contributed by atoms with van der Waals surface area (Å²) in [6, 6.07) is 0.886. The van der Waals surface area contributed by atoms with Crippen molar-refractivity contribution in [1.29, 1.82) is 0 Å². The maximum atomic E-state index is 12.2. The highest BCUT2D eigenvalue weighted by atomic mass is 16.2. The minimum Gasteiger partial charge on any atom is -0.336 e. The van der Waals surface area contributed by atoms with Crippen LogP contribution in [0.1, 0.15) is 57.8 Å². The highest BCUT2D eigenvalue weighted by Crippen LogP contribution is 2.38. The lowest BCUT2D eigenvalue weighted by molar-refractivity contribution is -0.136. The van der Waals surface area contributed by atoms with Crippen LogP contribution in [0, 0.1) is 5.41 Å². The molecule has 1 aromatic rings. The van der Waals surface area contributed by atoms with Crippen molar-refractivity contribution in [3.05, 3.63) is 18.2 Å². The van der Waals surface area contributed by atoms with Crippen LogP contribution >= 0.6 is 0 Å². The number of likely N-dealkylation sites (N-methyl/N-ethyl adjacent to an activating group) is 1. The molecule has 0 aromatic carbocycles. The molecule has 2 aliphatic rings. The maximum Gasteiger partial charge on any atom is 0.223 e. The van der Waals surface area contributed by atoms with E-state index in [0.717, 1.165) is 12.2 Å². The van der Waals surface area contributed by atoms with Crippen molar-refractivity contribution < 1.29 is 4.79 Å². The fourth-order valence-corrected chi connectivity index (χ4v) is 4.11. The largest absolute Gasteiger partial charge is 0.336 e. The highest BCUT2D eigenvalue weighted by Gasteiger charge is 2.40. The zero-order valence-corrected chi connectivity index (χ0v) is 14.2. The second-order valence-corrected chi connectivity index (χ2v) is 7.76. The van der Waals surface area contributed by atoms with Crippen molar-refractivity contribution in [3.63, 3.8) is 0 Å². The van der Waals surface area contributed by atoms with Crippen molar-refractivity contribution in [3.8, 4) is 0 Å². The van der Waals surface area contributed by atoms with Crippen LogP contribution in [0.3, 0.4) is 0 Å². The summed E-state index contributed by atoms with van der Waals surface area (Å²) in [5, 5.41) is 3.84. The third-order valence-electron chi connectivity index (χ3n) is 5.40. The number of piperidine rings is 1. The molecule has 3 rings (SSSR count).